The molecule has 0 aliphatic rings. The summed E-state index contributed by atoms with van der Waals surface area (Å²) in [6, 6.07) is 21.9. The van der Waals surface area contributed by atoms with Crippen LogP contribution in [0.1, 0.15) is 28.9 Å². The smallest absolute Gasteiger partial charge is 0.220 e. The summed E-state index contributed by atoms with van der Waals surface area (Å²) < 4.78 is 8.13. The van der Waals surface area contributed by atoms with Crippen LogP contribution in [0.15, 0.2) is 66.7 Å². The number of nitrogens with zero attached hydrogens (tertiary/aromatic N) is 2. The van der Waals surface area contributed by atoms with Gasteiger partial charge in [0, 0.05) is 11.4 Å². The number of hydrogen-bond acceptors (Lipinski definition) is 3. The summed E-state index contributed by atoms with van der Waals surface area (Å²) in [6.07, 6.45) is 1.17. The van der Waals surface area contributed by atoms with Gasteiger partial charge in [-0.1, -0.05) is 54.1 Å². The van der Waals surface area contributed by atoms with Gasteiger partial charge in [0.2, 0.25) is 5.91 Å². The Labute approximate surface area is 199 Å². The minimum absolute atomic E-state index is 0.0147. The van der Waals surface area contributed by atoms with E-state index in [0.29, 0.717) is 26.1 Å². The van der Waals surface area contributed by atoms with E-state index in [1.807, 2.05) is 80.6 Å². The van der Waals surface area contributed by atoms with E-state index in [1.165, 1.54) is 0 Å². The van der Waals surface area contributed by atoms with Gasteiger partial charge in [0.05, 0.1) is 24.1 Å². The van der Waals surface area contributed by atoms with Crippen molar-refractivity contribution in [3.8, 4) is 5.75 Å². The molecule has 1 N–H and O–H groups in total. The lowest BCUT2D eigenvalue weighted by molar-refractivity contribution is -0.121. The van der Waals surface area contributed by atoms with Gasteiger partial charge in [-0.05, 0) is 61.2 Å². The van der Waals surface area contributed by atoms with Crippen LogP contribution in [0.2, 0.25) is 5.02 Å². The molecule has 0 unspecified atom stereocenters. The number of carbonyl (C=O) groups excluding carboxylic acids is 1. The number of imidazole rings is 1. The second kappa shape index (κ2) is 10.5. The predicted molar refractivity (Wildman–Crippen MR) is 133 cm³/mol. The van der Waals surface area contributed by atoms with Gasteiger partial charge in [0.25, 0.3) is 0 Å². The molecule has 0 aliphatic heterocycles. The lowest BCUT2D eigenvalue weighted by Crippen LogP contribution is -2.25. The van der Waals surface area contributed by atoms with Crippen molar-refractivity contribution >= 4 is 28.5 Å². The number of nitrogens with one attached hydrogen (secondary N) is 1. The Kier molecular flexibility index (Phi) is 7.30. The van der Waals surface area contributed by atoms with Crippen LogP contribution in [-0.2, 0) is 24.3 Å². The molecule has 1 aromatic heterocycles. The van der Waals surface area contributed by atoms with Gasteiger partial charge in [-0.2, -0.15) is 0 Å². The van der Waals surface area contributed by atoms with Crippen LogP contribution in [0.4, 0.5) is 0 Å². The maximum absolute atomic E-state index is 12.4. The van der Waals surface area contributed by atoms with Crippen molar-refractivity contribution in [3.05, 3.63) is 94.3 Å². The van der Waals surface area contributed by atoms with Crippen molar-refractivity contribution in [2.45, 2.75) is 39.8 Å². The van der Waals surface area contributed by atoms with E-state index < -0.39 is 0 Å². The normalized spacial score (nSPS) is 11.0. The topological polar surface area (TPSA) is 56.1 Å². The average molecular weight is 462 g/mol. The van der Waals surface area contributed by atoms with Crippen molar-refractivity contribution in [1.29, 1.82) is 0 Å². The summed E-state index contributed by atoms with van der Waals surface area (Å²) in [5.41, 5.74) is 5.09. The number of ether oxygens (including phenoxy) is 1. The molecule has 0 saturated heterocycles. The maximum atomic E-state index is 12.4. The van der Waals surface area contributed by atoms with Gasteiger partial charge < -0.3 is 14.6 Å². The van der Waals surface area contributed by atoms with E-state index in [-0.39, 0.29) is 5.91 Å². The fourth-order valence-corrected chi connectivity index (χ4v) is 4.03. The lowest BCUT2D eigenvalue weighted by atomic mass is 10.1. The highest BCUT2D eigenvalue weighted by molar-refractivity contribution is 6.32. The fourth-order valence-electron chi connectivity index (χ4n) is 3.92. The van der Waals surface area contributed by atoms with Crippen molar-refractivity contribution in [2.75, 3.05) is 6.61 Å². The van der Waals surface area contributed by atoms with Gasteiger partial charge in [-0.25, -0.2) is 4.98 Å². The highest BCUT2D eigenvalue weighted by Crippen LogP contribution is 2.26. The second-order valence-corrected chi connectivity index (χ2v) is 8.53. The van der Waals surface area contributed by atoms with Crippen molar-refractivity contribution in [3.63, 3.8) is 0 Å². The third kappa shape index (κ3) is 5.74. The number of amides is 1. The Hall–Kier alpha value is -3.31. The van der Waals surface area contributed by atoms with Crippen LogP contribution >= 0.6 is 11.6 Å². The second-order valence-electron chi connectivity index (χ2n) is 8.15. The van der Waals surface area contributed by atoms with E-state index in [0.717, 1.165) is 50.7 Å². The number of hydrogen-bond donors (Lipinski definition) is 1. The molecule has 3 aromatic carbocycles. The van der Waals surface area contributed by atoms with Gasteiger partial charge >= 0.3 is 0 Å². The lowest BCUT2D eigenvalue weighted by Gasteiger charge is -2.13. The summed E-state index contributed by atoms with van der Waals surface area (Å²) >= 11 is 6.27. The number of benzene rings is 3. The molecule has 4 aromatic rings. The highest BCUT2D eigenvalue weighted by Gasteiger charge is 2.12. The fraction of sp³-hybridized carbons (Fsp3) is 0.259. The zero-order chi connectivity index (χ0) is 23.2. The molecule has 1 heterocycles. The molecule has 33 heavy (non-hydrogen) atoms. The van der Waals surface area contributed by atoms with Crippen LogP contribution in [0.5, 0.6) is 5.75 Å². The molecule has 1 amide bonds. The number of fused-ring (bicyclic) bond motifs is 1. The quantitative estimate of drug-likeness (QED) is 0.351. The van der Waals surface area contributed by atoms with E-state index in [2.05, 4.69) is 9.88 Å². The first-order valence-corrected chi connectivity index (χ1v) is 11.5. The molecule has 0 spiro atoms. The maximum Gasteiger partial charge on any atom is 0.220 e. The molecule has 6 heteroatoms. The molecular weight excluding hydrogens is 434 g/mol. The van der Waals surface area contributed by atoms with Crippen LogP contribution < -0.4 is 10.1 Å². The Morgan fingerprint density at radius 3 is 2.48 bits per heavy atom. The van der Waals surface area contributed by atoms with Crippen LogP contribution in [0.3, 0.4) is 0 Å². The Morgan fingerprint density at radius 1 is 1.03 bits per heavy atom. The average Bonchev–Trinajstić information content (AvgIpc) is 3.18. The van der Waals surface area contributed by atoms with Crippen molar-refractivity contribution < 1.29 is 9.53 Å². The number of para-hydroxylation sites is 2. The first kappa shape index (κ1) is 22.9. The van der Waals surface area contributed by atoms with Crippen molar-refractivity contribution in [1.82, 2.24) is 14.9 Å². The Bertz CT molecular complexity index is 1230. The number of aromatic nitrogens is 2. The number of aryl methyl sites for hydroxylation is 3. The number of halogens is 1. The van der Waals surface area contributed by atoms with E-state index in [9.17, 15) is 4.79 Å². The third-order valence-corrected chi connectivity index (χ3v) is 6.25. The van der Waals surface area contributed by atoms with Gasteiger partial charge in [0.1, 0.15) is 18.2 Å². The minimum atomic E-state index is 0.0147. The van der Waals surface area contributed by atoms with E-state index in [4.69, 9.17) is 21.3 Å². The molecule has 0 radical (unpaired) electrons. The van der Waals surface area contributed by atoms with E-state index >= 15 is 0 Å². The largest absolute Gasteiger partial charge is 0.492 e. The third-order valence-electron chi connectivity index (χ3n) is 5.65. The van der Waals surface area contributed by atoms with Crippen molar-refractivity contribution in [2.24, 2.45) is 0 Å². The summed E-state index contributed by atoms with van der Waals surface area (Å²) in [5.74, 6) is 1.63. The Morgan fingerprint density at radius 2 is 1.73 bits per heavy atom. The monoisotopic (exact) mass is 461 g/mol. The summed E-state index contributed by atoms with van der Waals surface area (Å²) in [6.45, 7) is 5.43. The summed E-state index contributed by atoms with van der Waals surface area (Å²) in [4.78, 5) is 17.2. The summed E-state index contributed by atoms with van der Waals surface area (Å²) in [7, 11) is 0. The SMILES string of the molecule is Cc1cc(OCCn2c(CNC(=O)CCc3ccccc3)nc3ccccc32)cc(C)c1Cl. The molecular formula is C27H28ClN3O2. The van der Waals surface area contributed by atoms with Crippen LogP contribution in [-0.4, -0.2) is 22.1 Å². The standard InChI is InChI=1S/C27H28ClN3O2/c1-19-16-22(17-20(2)27(19)28)33-15-14-31-24-11-7-6-10-23(24)30-25(31)18-29-26(32)13-12-21-8-4-3-5-9-21/h3-11,16-17H,12-15,18H2,1-2H3,(H,29,32). The molecule has 0 saturated carbocycles. The predicted octanol–water partition coefficient (Wildman–Crippen LogP) is 5.63. The minimum Gasteiger partial charge on any atom is -0.492 e. The molecule has 0 fully saturated rings. The molecule has 5 nitrogen and oxygen atoms in total. The number of rotatable bonds is 9. The summed E-state index contributed by atoms with van der Waals surface area (Å²) in [5, 5.41) is 3.79. The molecule has 0 atom stereocenters. The molecule has 170 valence electrons. The Balaban J connectivity index is 1.40. The zero-order valence-electron chi connectivity index (χ0n) is 19.0. The molecule has 0 bridgehead atoms. The van der Waals surface area contributed by atoms with Gasteiger partial charge in [-0.3, -0.25) is 4.79 Å². The van der Waals surface area contributed by atoms with E-state index in [1.54, 1.807) is 0 Å². The molecule has 0 aliphatic carbocycles. The van der Waals surface area contributed by atoms with Crippen LogP contribution in [0, 0.1) is 13.8 Å². The first-order chi connectivity index (χ1) is 16.0. The molecule has 4 rings (SSSR count). The van der Waals surface area contributed by atoms with Gasteiger partial charge in [-0.15, -0.1) is 0 Å². The number of carbonyl (C=O) groups is 1. The van der Waals surface area contributed by atoms with Crippen LogP contribution in [0.25, 0.3) is 11.0 Å². The van der Waals surface area contributed by atoms with Gasteiger partial charge in [0.15, 0.2) is 0 Å². The highest BCUT2D eigenvalue weighted by atomic mass is 35.5. The zero-order valence-corrected chi connectivity index (χ0v) is 19.7. The first-order valence-electron chi connectivity index (χ1n) is 11.2.